The lowest BCUT2D eigenvalue weighted by atomic mass is 9.30. The lowest BCUT2D eigenvalue weighted by Gasteiger charge is -2.47. The normalized spacial score (nSPS) is 13.1. The Morgan fingerprint density at radius 3 is 1.25 bits per heavy atom. The van der Waals surface area contributed by atoms with Crippen molar-refractivity contribution in [2.45, 2.75) is 22.1 Å². The van der Waals surface area contributed by atoms with Gasteiger partial charge in [-0.25, -0.2) is 0 Å². The second-order valence-corrected chi connectivity index (χ2v) is 27.9. The fourth-order valence-corrected chi connectivity index (χ4v) is 17.9. The molecule has 0 fully saturated rings. The maximum Gasteiger partial charge on any atom is 0.419 e. The van der Waals surface area contributed by atoms with Crippen LogP contribution in [0.15, 0.2) is 368 Å². The molecular formula is C92H59B2F6N5S. The van der Waals surface area contributed by atoms with E-state index in [2.05, 4.69) is 99.6 Å². The summed E-state index contributed by atoms with van der Waals surface area (Å²) in [5.74, 6) is 0. The summed E-state index contributed by atoms with van der Waals surface area (Å²) < 4.78 is 108. The highest BCUT2D eigenvalue weighted by atomic mass is 32.2. The molecule has 4 aliphatic rings. The van der Waals surface area contributed by atoms with Crippen LogP contribution in [-0.4, -0.2) is 13.4 Å². The molecule has 15 aromatic carbocycles. The Labute approximate surface area is 614 Å². The summed E-state index contributed by atoms with van der Waals surface area (Å²) in [4.78, 5) is 10.4. The smallest absolute Gasteiger partial charge is 0.311 e. The highest BCUT2D eigenvalue weighted by Crippen LogP contribution is 2.58. The van der Waals surface area contributed by atoms with Crippen molar-refractivity contribution < 1.29 is 26.3 Å². The SMILES string of the molecule is FC(F)(F)c1cccc(-c2ccccc2)c1N1c2cc(N(c3ccccc3)c3ccccc3)cc3c2B(c2ccccc2N3c2ccccc2)c2cc3c(c(C(F)(F)F)c21)Sc1cc(N(c2ccc(-c4ccccc4)cc2)c2ccccc2-c2ccccc2)cc2c1B3c1ccccc1N2c1ccccc1. The van der Waals surface area contributed by atoms with Crippen LogP contribution in [0.25, 0.3) is 33.4 Å². The number of hydrogen-bond acceptors (Lipinski definition) is 6. The zero-order valence-electron chi connectivity index (χ0n) is 56.6. The van der Waals surface area contributed by atoms with Crippen LogP contribution in [0.2, 0.25) is 0 Å². The predicted octanol–water partition coefficient (Wildman–Crippen LogP) is 22.5. The second kappa shape index (κ2) is 25.7. The largest absolute Gasteiger partial charge is 0.419 e. The molecule has 0 spiro atoms. The molecule has 4 aliphatic heterocycles. The lowest BCUT2D eigenvalue weighted by Crippen LogP contribution is -2.65. The molecule has 0 unspecified atom stereocenters. The van der Waals surface area contributed by atoms with Crippen LogP contribution in [0.5, 0.6) is 0 Å². The van der Waals surface area contributed by atoms with Gasteiger partial charge in [0, 0.05) is 83.5 Å². The Kier molecular flexibility index (Phi) is 15.5. The number of para-hydroxylation sites is 8. The van der Waals surface area contributed by atoms with Crippen molar-refractivity contribution in [1.82, 2.24) is 0 Å². The molecule has 14 heteroatoms. The van der Waals surface area contributed by atoms with Gasteiger partial charge in [-0.05, 0) is 159 Å². The van der Waals surface area contributed by atoms with E-state index in [-0.39, 0.29) is 21.6 Å². The first kappa shape index (κ1) is 64.2. The predicted molar refractivity (Wildman–Crippen MR) is 426 cm³/mol. The Balaban J connectivity index is 0.952. The van der Waals surface area contributed by atoms with E-state index in [0.717, 1.165) is 85.1 Å². The van der Waals surface area contributed by atoms with Crippen LogP contribution >= 0.6 is 11.8 Å². The molecule has 506 valence electrons. The van der Waals surface area contributed by atoms with Gasteiger partial charge in [-0.3, -0.25) is 0 Å². The Morgan fingerprint density at radius 1 is 0.283 bits per heavy atom. The van der Waals surface area contributed by atoms with E-state index in [0.29, 0.717) is 61.0 Å². The summed E-state index contributed by atoms with van der Waals surface area (Å²) in [7, 11) is 0. The van der Waals surface area contributed by atoms with Gasteiger partial charge in [-0.2, -0.15) is 26.3 Å². The van der Waals surface area contributed by atoms with E-state index in [1.54, 1.807) is 36.4 Å². The van der Waals surface area contributed by atoms with Crippen LogP contribution in [-0.2, 0) is 12.4 Å². The van der Waals surface area contributed by atoms with Crippen molar-refractivity contribution in [3.8, 4) is 33.4 Å². The number of hydrogen-bond donors (Lipinski definition) is 0. The summed E-state index contributed by atoms with van der Waals surface area (Å²) in [6, 6.07) is 114. The van der Waals surface area contributed by atoms with Gasteiger partial charge < -0.3 is 24.5 Å². The zero-order chi connectivity index (χ0) is 71.4. The summed E-state index contributed by atoms with van der Waals surface area (Å²) in [5, 5.41) is 0. The van der Waals surface area contributed by atoms with E-state index >= 15 is 26.3 Å². The van der Waals surface area contributed by atoms with E-state index in [1.165, 1.54) is 11.0 Å². The van der Waals surface area contributed by atoms with Gasteiger partial charge in [0.25, 0.3) is 6.71 Å². The molecule has 4 heterocycles. The molecule has 0 saturated heterocycles. The van der Waals surface area contributed by atoms with Crippen LogP contribution in [0.4, 0.5) is 112 Å². The monoisotopic (exact) mass is 1400 g/mol. The molecule has 0 atom stereocenters. The standard InChI is InChI=1S/C92H59B2F6N5S/c95-91(96,97)73-45-28-44-72(63-33-12-3-13-34-63)88(73)105-82-56-69(101(64-35-14-4-15-36-64)65-37-16-5-17-38-65)55-81-86(82)93(74-46-23-26-49-79(74)103(81)66-39-18-6-19-40-66)76-59-77-90(85(89(76)105)92(98,99)100)106-84-58-70(57-83-87(84)94(77)75-47-24-27-50-80(75)104(83)67-41-20-7-21-42-67)102(68-53-51-61(52-54-68)60-29-8-1-9-30-60)78-48-25-22-43-71(78)62-31-10-2-11-32-62/h1-59H. The third-order valence-corrected chi connectivity index (χ3v) is 22.0. The minimum Gasteiger partial charge on any atom is -0.311 e. The molecule has 0 N–H and O–H groups in total. The fourth-order valence-electron chi connectivity index (χ4n) is 16.6. The molecular weight excluding hydrogens is 1340 g/mol. The average molecular weight is 1400 g/mol. The molecule has 0 aromatic heterocycles. The first-order chi connectivity index (χ1) is 51.9. The fraction of sp³-hybridized carbons (Fsp3) is 0.0217. The van der Waals surface area contributed by atoms with Crippen LogP contribution in [0, 0.1) is 0 Å². The summed E-state index contributed by atoms with van der Waals surface area (Å²) >= 11 is 1.03. The van der Waals surface area contributed by atoms with E-state index in [4.69, 9.17) is 0 Å². The topological polar surface area (TPSA) is 16.2 Å². The van der Waals surface area contributed by atoms with E-state index in [1.807, 2.05) is 229 Å². The van der Waals surface area contributed by atoms with Crippen LogP contribution in [0.3, 0.4) is 0 Å². The quantitative estimate of drug-likeness (QED) is 0.0889. The van der Waals surface area contributed by atoms with Gasteiger partial charge in [0.2, 0.25) is 6.71 Å². The van der Waals surface area contributed by atoms with Crippen molar-refractivity contribution in [2.24, 2.45) is 0 Å². The Hall–Kier alpha value is -12.6. The van der Waals surface area contributed by atoms with Gasteiger partial charge >= 0.3 is 12.4 Å². The molecule has 15 aromatic rings. The first-order valence-electron chi connectivity index (χ1n) is 35.2. The van der Waals surface area contributed by atoms with E-state index in [9.17, 15) is 0 Å². The number of halogens is 6. The molecule has 0 amide bonds. The van der Waals surface area contributed by atoms with Gasteiger partial charge in [0.1, 0.15) is 0 Å². The molecule has 0 radical (unpaired) electrons. The maximum absolute atomic E-state index is 18.7. The molecule has 5 nitrogen and oxygen atoms in total. The van der Waals surface area contributed by atoms with E-state index < -0.39 is 48.3 Å². The zero-order valence-corrected chi connectivity index (χ0v) is 57.4. The van der Waals surface area contributed by atoms with Crippen molar-refractivity contribution in [3.05, 3.63) is 369 Å². The van der Waals surface area contributed by atoms with Crippen LogP contribution in [0.1, 0.15) is 11.1 Å². The van der Waals surface area contributed by atoms with Gasteiger partial charge in [-0.1, -0.05) is 266 Å². The summed E-state index contributed by atoms with van der Waals surface area (Å²) in [6.45, 7) is -1.84. The van der Waals surface area contributed by atoms with Gasteiger partial charge in [0.05, 0.1) is 33.9 Å². The number of anilines is 15. The highest BCUT2D eigenvalue weighted by molar-refractivity contribution is 8.00. The third kappa shape index (κ3) is 10.7. The van der Waals surface area contributed by atoms with Crippen molar-refractivity contribution in [1.29, 1.82) is 0 Å². The third-order valence-electron chi connectivity index (χ3n) is 20.8. The molecule has 106 heavy (non-hydrogen) atoms. The Bertz CT molecular complexity index is 5840. The minimum absolute atomic E-state index is 0.0890. The molecule has 19 rings (SSSR count). The molecule has 0 saturated carbocycles. The Morgan fingerprint density at radius 2 is 0.708 bits per heavy atom. The van der Waals surface area contributed by atoms with Gasteiger partial charge in [-0.15, -0.1) is 0 Å². The number of fused-ring (bicyclic) bond motifs is 8. The summed E-state index contributed by atoms with van der Waals surface area (Å²) in [6.07, 6.45) is -10.3. The van der Waals surface area contributed by atoms with Crippen molar-refractivity contribution >= 4 is 143 Å². The molecule has 0 bridgehead atoms. The second-order valence-electron chi connectivity index (χ2n) is 26.8. The summed E-state index contributed by atoms with van der Waals surface area (Å²) in [5.41, 5.74) is 13.5. The number of alkyl halides is 6. The maximum atomic E-state index is 18.7. The number of rotatable bonds is 12. The average Bonchev–Trinajstić information content (AvgIpc) is 0.676. The highest BCUT2D eigenvalue weighted by Gasteiger charge is 2.54. The van der Waals surface area contributed by atoms with Crippen molar-refractivity contribution in [2.75, 3.05) is 24.5 Å². The van der Waals surface area contributed by atoms with Crippen LogP contribution < -0.4 is 57.3 Å². The number of nitrogens with zero attached hydrogens (tertiary/aromatic N) is 5. The molecule has 0 aliphatic carbocycles. The van der Waals surface area contributed by atoms with Gasteiger partial charge in [0.15, 0.2) is 0 Å². The van der Waals surface area contributed by atoms with Crippen molar-refractivity contribution in [3.63, 3.8) is 0 Å². The number of benzene rings is 15. The minimum atomic E-state index is -5.24. The first-order valence-corrected chi connectivity index (χ1v) is 36.0. The lowest BCUT2D eigenvalue weighted by molar-refractivity contribution is -0.139.